The Kier molecular flexibility index (Phi) is 10.9. The van der Waals surface area contributed by atoms with Crippen molar-refractivity contribution in [2.24, 2.45) is 4.99 Å². The van der Waals surface area contributed by atoms with E-state index in [0.29, 0.717) is 0 Å². The Labute approximate surface area is 147 Å². The Bertz CT molecular complexity index is 450. The van der Waals surface area contributed by atoms with E-state index < -0.39 is 0 Å². The molecule has 0 spiro atoms. The maximum Gasteiger partial charge on any atom is 0.191 e. The zero-order valence-electron chi connectivity index (χ0n) is 15.7. The van der Waals surface area contributed by atoms with Crippen LogP contribution in [0.3, 0.4) is 0 Å². The summed E-state index contributed by atoms with van der Waals surface area (Å²) in [4.78, 5) is 6.87. The van der Waals surface area contributed by atoms with Gasteiger partial charge in [0.25, 0.3) is 0 Å². The highest BCUT2D eigenvalue weighted by Crippen LogP contribution is 2.15. The van der Waals surface area contributed by atoms with Crippen LogP contribution in [0, 0.1) is 0 Å². The lowest BCUT2D eigenvalue weighted by atomic mass is 10.1. The Balaban J connectivity index is 2.23. The van der Waals surface area contributed by atoms with Crippen molar-refractivity contribution < 1.29 is 4.74 Å². The molecule has 0 aliphatic heterocycles. The predicted molar refractivity (Wildman–Crippen MR) is 103 cm³/mol. The fourth-order valence-electron chi connectivity index (χ4n) is 2.20. The Hall–Kier alpha value is -1.59. The largest absolute Gasteiger partial charge is 0.374 e. The lowest BCUT2D eigenvalue weighted by molar-refractivity contribution is 0.0652. The van der Waals surface area contributed by atoms with Gasteiger partial charge in [0.2, 0.25) is 0 Å². The van der Waals surface area contributed by atoms with E-state index in [1.807, 2.05) is 18.2 Å². The van der Waals surface area contributed by atoms with Crippen LogP contribution >= 0.6 is 0 Å². The SMILES string of the molecule is CCNC(=NCCCOC(C)c1ccccc1)NCCN(C)CC. The van der Waals surface area contributed by atoms with E-state index in [1.165, 1.54) is 5.56 Å². The molecule has 1 rings (SSSR count). The van der Waals surface area contributed by atoms with Crippen LogP contribution in [0.4, 0.5) is 0 Å². The summed E-state index contributed by atoms with van der Waals surface area (Å²) < 4.78 is 5.88. The second-order valence-electron chi connectivity index (χ2n) is 5.86. The summed E-state index contributed by atoms with van der Waals surface area (Å²) in [6.45, 7) is 11.7. The van der Waals surface area contributed by atoms with Crippen LogP contribution in [0.2, 0.25) is 0 Å². The van der Waals surface area contributed by atoms with Crippen molar-refractivity contribution in [2.75, 3.05) is 46.4 Å². The van der Waals surface area contributed by atoms with Crippen LogP contribution in [0.15, 0.2) is 35.3 Å². The Morgan fingerprint density at radius 1 is 1.21 bits per heavy atom. The van der Waals surface area contributed by atoms with E-state index in [1.54, 1.807) is 0 Å². The molecule has 2 N–H and O–H groups in total. The molecule has 1 aromatic rings. The van der Waals surface area contributed by atoms with Gasteiger partial charge in [-0.25, -0.2) is 0 Å². The highest BCUT2D eigenvalue weighted by molar-refractivity contribution is 5.79. The standard InChI is InChI=1S/C19H34N4O/c1-5-20-19(22-14-15-23(4)6-2)21-13-10-16-24-17(3)18-11-8-7-9-12-18/h7-9,11-12,17H,5-6,10,13-16H2,1-4H3,(H2,20,21,22). The molecule has 1 unspecified atom stereocenters. The minimum Gasteiger partial charge on any atom is -0.374 e. The van der Waals surface area contributed by atoms with Crippen LogP contribution in [0.25, 0.3) is 0 Å². The van der Waals surface area contributed by atoms with Crippen molar-refractivity contribution in [1.29, 1.82) is 0 Å². The quantitative estimate of drug-likeness (QED) is 0.371. The average molecular weight is 335 g/mol. The topological polar surface area (TPSA) is 48.9 Å². The number of guanidine groups is 1. The second kappa shape index (κ2) is 12.8. The molecule has 0 heterocycles. The van der Waals surface area contributed by atoms with E-state index in [4.69, 9.17) is 4.74 Å². The van der Waals surface area contributed by atoms with Gasteiger partial charge in [0.05, 0.1) is 6.10 Å². The normalized spacial score (nSPS) is 13.1. The fraction of sp³-hybridized carbons (Fsp3) is 0.632. The summed E-state index contributed by atoms with van der Waals surface area (Å²) in [6, 6.07) is 10.3. The first kappa shape index (κ1) is 20.5. The van der Waals surface area contributed by atoms with Gasteiger partial charge in [-0.15, -0.1) is 0 Å². The molecule has 0 fully saturated rings. The molecule has 24 heavy (non-hydrogen) atoms. The van der Waals surface area contributed by atoms with Gasteiger partial charge in [0.15, 0.2) is 5.96 Å². The summed E-state index contributed by atoms with van der Waals surface area (Å²) in [7, 11) is 2.12. The minimum atomic E-state index is 0.131. The van der Waals surface area contributed by atoms with Crippen LogP contribution in [0.1, 0.15) is 38.9 Å². The first-order chi connectivity index (χ1) is 11.7. The predicted octanol–water partition coefficient (Wildman–Crippen LogP) is 2.66. The third kappa shape index (κ3) is 8.89. The Morgan fingerprint density at radius 3 is 2.62 bits per heavy atom. The zero-order chi connectivity index (χ0) is 17.6. The molecule has 0 saturated heterocycles. The number of nitrogens with zero attached hydrogens (tertiary/aromatic N) is 2. The van der Waals surface area contributed by atoms with Crippen LogP contribution < -0.4 is 10.6 Å². The van der Waals surface area contributed by atoms with Crippen molar-refractivity contribution in [2.45, 2.75) is 33.3 Å². The van der Waals surface area contributed by atoms with Gasteiger partial charge in [-0.3, -0.25) is 4.99 Å². The minimum absolute atomic E-state index is 0.131. The van der Waals surface area contributed by atoms with Gasteiger partial charge in [0, 0.05) is 32.8 Å². The molecule has 5 heteroatoms. The lowest BCUT2D eigenvalue weighted by Crippen LogP contribution is -2.41. The van der Waals surface area contributed by atoms with E-state index in [2.05, 4.69) is 60.5 Å². The van der Waals surface area contributed by atoms with Gasteiger partial charge in [-0.2, -0.15) is 0 Å². The Morgan fingerprint density at radius 2 is 1.96 bits per heavy atom. The summed E-state index contributed by atoms with van der Waals surface area (Å²) in [6.07, 6.45) is 1.05. The fourth-order valence-corrected chi connectivity index (χ4v) is 2.20. The van der Waals surface area contributed by atoms with Crippen molar-refractivity contribution in [3.8, 4) is 0 Å². The summed E-state index contributed by atoms with van der Waals surface area (Å²) in [5.41, 5.74) is 1.22. The molecule has 0 aliphatic rings. The molecule has 0 amide bonds. The summed E-state index contributed by atoms with van der Waals surface area (Å²) >= 11 is 0. The number of ether oxygens (including phenoxy) is 1. The smallest absolute Gasteiger partial charge is 0.191 e. The number of aliphatic imine (C=N–C) groups is 1. The third-order valence-corrected chi connectivity index (χ3v) is 3.88. The molecule has 0 saturated carbocycles. The lowest BCUT2D eigenvalue weighted by Gasteiger charge is -2.16. The van der Waals surface area contributed by atoms with Crippen LogP contribution in [0.5, 0.6) is 0 Å². The van der Waals surface area contributed by atoms with Gasteiger partial charge in [0.1, 0.15) is 0 Å². The molecule has 136 valence electrons. The first-order valence-corrected chi connectivity index (χ1v) is 9.04. The number of likely N-dealkylation sites (N-methyl/N-ethyl adjacent to an activating group) is 1. The highest BCUT2D eigenvalue weighted by atomic mass is 16.5. The molecule has 0 radical (unpaired) electrons. The number of hydrogen-bond donors (Lipinski definition) is 2. The zero-order valence-corrected chi connectivity index (χ0v) is 15.7. The average Bonchev–Trinajstić information content (AvgIpc) is 2.61. The van der Waals surface area contributed by atoms with Crippen LogP contribution in [-0.4, -0.2) is 57.2 Å². The monoisotopic (exact) mass is 334 g/mol. The molecule has 0 aromatic heterocycles. The van der Waals surface area contributed by atoms with Crippen molar-refractivity contribution in [1.82, 2.24) is 15.5 Å². The number of benzene rings is 1. The second-order valence-corrected chi connectivity index (χ2v) is 5.86. The molecular formula is C19H34N4O. The van der Waals surface area contributed by atoms with Crippen LogP contribution in [-0.2, 0) is 4.74 Å². The van der Waals surface area contributed by atoms with E-state index in [0.717, 1.165) is 51.7 Å². The summed E-state index contributed by atoms with van der Waals surface area (Å²) in [5.74, 6) is 0.887. The molecule has 1 atom stereocenters. The maximum absolute atomic E-state index is 5.88. The van der Waals surface area contributed by atoms with Gasteiger partial charge in [-0.05, 0) is 39.4 Å². The summed E-state index contributed by atoms with van der Waals surface area (Å²) in [5, 5.41) is 6.65. The molecule has 0 aliphatic carbocycles. The van der Waals surface area contributed by atoms with E-state index in [-0.39, 0.29) is 6.10 Å². The molecule has 5 nitrogen and oxygen atoms in total. The van der Waals surface area contributed by atoms with Crippen molar-refractivity contribution in [3.63, 3.8) is 0 Å². The van der Waals surface area contributed by atoms with Gasteiger partial charge in [-0.1, -0.05) is 37.3 Å². The van der Waals surface area contributed by atoms with E-state index in [9.17, 15) is 0 Å². The van der Waals surface area contributed by atoms with E-state index >= 15 is 0 Å². The van der Waals surface area contributed by atoms with Crippen molar-refractivity contribution >= 4 is 5.96 Å². The van der Waals surface area contributed by atoms with Gasteiger partial charge < -0.3 is 20.3 Å². The molecular weight excluding hydrogens is 300 g/mol. The molecule has 1 aromatic carbocycles. The highest BCUT2D eigenvalue weighted by Gasteiger charge is 2.04. The molecule has 0 bridgehead atoms. The number of rotatable bonds is 11. The maximum atomic E-state index is 5.88. The number of nitrogens with one attached hydrogen (secondary N) is 2. The van der Waals surface area contributed by atoms with Gasteiger partial charge >= 0.3 is 0 Å². The third-order valence-electron chi connectivity index (χ3n) is 3.88. The van der Waals surface area contributed by atoms with Crippen molar-refractivity contribution in [3.05, 3.63) is 35.9 Å². The first-order valence-electron chi connectivity index (χ1n) is 9.04. The number of hydrogen-bond acceptors (Lipinski definition) is 3.